The van der Waals surface area contributed by atoms with Crippen molar-refractivity contribution in [2.75, 3.05) is 6.61 Å². The molecule has 1 amide bonds. The molecule has 0 aliphatic rings. The lowest BCUT2D eigenvalue weighted by molar-refractivity contribution is -0.131. The van der Waals surface area contributed by atoms with E-state index in [1.165, 1.54) is 12.1 Å². The molecule has 1 aromatic rings. The van der Waals surface area contributed by atoms with Crippen LogP contribution in [0, 0.1) is 0 Å². The van der Waals surface area contributed by atoms with Crippen LogP contribution >= 0.6 is 23.2 Å². The third-order valence-electron chi connectivity index (χ3n) is 2.38. The molecule has 18 heavy (non-hydrogen) atoms. The van der Waals surface area contributed by atoms with Crippen molar-refractivity contribution in [3.05, 3.63) is 27.7 Å². The van der Waals surface area contributed by atoms with Crippen LogP contribution in [0.5, 0.6) is 5.75 Å². The Morgan fingerprint density at radius 1 is 1.44 bits per heavy atom. The standard InChI is InChI=1S/C11H13Cl2NO4/c1-5(14-11(18)8(17)4-15)9-7(16)3-2-6(12)10(9)13/h2-3,5,8,15-17H,4H2,1H3,(H,14,18). The Balaban J connectivity index is 2.94. The summed E-state index contributed by atoms with van der Waals surface area (Å²) >= 11 is 11.7. The zero-order valence-electron chi connectivity index (χ0n) is 9.52. The van der Waals surface area contributed by atoms with Gasteiger partial charge in [-0.3, -0.25) is 4.79 Å². The van der Waals surface area contributed by atoms with Gasteiger partial charge >= 0.3 is 0 Å². The Hall–Kier alpha value is -1.01. The fourth-order valence-corrected chi connectivity index (χ4v) is 1.92. The predicted molar refractivity (Wildman–Crippen MR) is 67.8 cm³/mol. The molecule has 0 saturated carbocycles. The van der Waals surface area contributed by atoms with E-state index < -0.39 is 24.7 Å². The van der Waals surface area contributed by atoms with Crippen LogP contribution in [0.15, 0.2) is 12.1 Å². The number of carbonyl (C=O) groups is 1. The number of hydrogen-bond donors (Lipinski definition) is 4. The van der Waals surface area contributed by atoms with Crippen LogP contribution in [0.25, 0.3) is 0 Å². The van der Waals surface area contributed by atoms with E-state index in [2.05, 4.69) is 5.32 Å². The topological polar surface area (TPSA) is 89.8 Å². The number of carbonyl (C=O) groups excluding carboxylic acids is 1. The first-order valence-corrected chi connectivity index (χ1v) is 5.90. The van der Waals surface area contributed by atoms with Gasteiger partial charge in [-0.1, -0.05) is 23.2 Å². The summed E-state index contributed by atoms with van der Waals surface area (Å²) in [5, 5.41) is 30.2. The number of rotatable bonds is 4. The molecule has 100 valence electrons. The van der Waals surface area contributed by atoms with Gasteiger partial charge in [0.15, 0.2) is 6.10 Å². The molecule has 4 N–H and O–H groups in total. The second-order valence-electron chi connectivity index (χ2n) is 3.72. The normalized spacial score (nSPS) is 14.1. The number of phenols is 1. The van der Waals surface area contributed by atoms with E-state index in [1.54, 1.807) is 6.92 Å². The van der Waals surface area contributed by atoms with E-state index in [0.717, 1.165) is 0 Å². The van der Waals surface area contributed by atoms with Gasteiger partial charge in [0.1, 0.15) is 5.75 Å². The first kappa shape index (κ1) is 15.0. The maximum Gasteiger partial charge on any atom is 0.251 e. The fourth-order valence-electron chi connectivity index (χ4n) is 1.43. The van der Waals surface area contributed by atoms with Crippen molar-refractivity contribution in [1.82, 2.24) is 5.32 Å². The lowest BCUT2D eigenvalue weighted by Gasteiger charge is -2.19. The Kier molecular flexibility index (Phi) is 5.22. The van der Waals surface area contributed by atoms with Crippen LogP contribution < -0.4 is 5.32 Å². The predicted octanol–water partition coefficient (Wildman–Crippen LogP) is 1.23. The van der Waals surface area contributed by atoms with Crippen molar-refractivity contribution in [2.24, 2.45) is 0 Å². The third kappa shape index (κ3) is 3.26. The molecular weight excluding hydrogens is 281 g/mol. The van der Waals surface area contributed by atoms with E-state index in [9.17, 15) is 9.90 Å². The highest BCUT2D eigenvalue weighted by Crippen LogP contribution is 2.36. The average molecular weight is 294 g/mol. The number of hydrogen-bond acceptors (Lipinski definition) is 4. The first-order valence-electron chi connectivity index (χ1n) is 5.14. The smallest absolute Gasteiger partial charge is 0.251 e. The molecule has 0 bridgehead atoms. The Morgan fingerprint density at radius 2 is 2.06 bits per heavy atom. The van der Waals surface area contributed by atoms with Gasteiger partial charge in [-0.15, -0.1) is 0 Å². The lowest BCUT2D eigenvalue weighted by atomic mass is 10.1. The van der Waals surface area contributed by atoms with Gasteiger partial charge in [-0.2, -0.15) is 0 Å². The summed E-state index contributed by atoms with van der Waals surface area (Å²) in [6.07, 6.45) is -1.52. The van der Waals surface area contributed by atoms with Gasteiger partial charge in [0.25, 0.3) is 5.91 Å². The molecule has 5 nitrogen and oxygen atoms in total. The summed E-state index contributed by atoms with van der Waals surface area (Å²) in [5.41, 5.74) is 0.252. The summed E-state index contributed by atoms with van der Waals surface area (Å²) in [4.78, 5) is 11.4. The molecule has 0 fully saturated rings. The molecule has 7 heteroatoms. The molecule has 0 saturated heterocycles. The van der Waals surface area contributed by atoms with E-state index >= 15 is 0 Å². The first-order chi connectivity index (χ1) is 8.38. The largest absolute Gasteiger partial charge is 0.508 e. The van der Waals surface area contributed by atoms with Gasteiger partial charge in [0.2, 0.25) is 0 Å². The molecule has 0 heterocycles. The molecule has 0 aliphatic carbocycles. The van der Waals surface area contributed by atoms with Crippen molar-refractivity contribution in [3.63, 3.8) is 0 Å². The van der Waals surface area contributed by atoms with E-state index in [0.29, 0.717) is 0 Å². The van der Waals surface area contributed by atoms with Gasteiger partial charge in [-0.05, 0) is 19.1 Å². The molecule has 1 rings (SSSR count). The van der Waals surface area contributed by atoms with Crippen molar-refractivity contribution >= 4 is 29.1 Å². The van der Waals surface area contributed by atoms with Crippen LogP contribution in [0.3, 0.4) is 0 Å². The van der Waals surface area contributed by atoms with E-state index in [4.69, 9.17) is 33.4 Å². The number of phenolic OH excluding ortho intramolecular Hbond substituents is 1. The number of aliphatic hydroxyl groups excluding tert-OH is 2. The fraction of sp³-hybridized carbons (Fsp3) is 0.364. The number of halogens is 2. The Labute approximate surface area is 114 Å². The van der Waals surface area contributed by atoms with Gasteiger partial charge in [-0.25, -0.2) is 0 Å². The molecule has 0 aromatic heterocycles. The number of aromatic hydroxyl groups is 1. The molecule has 2 unspecified atom stereocenters. The number of aliphatic hydroxyl groups is 2. The highest BCUT2D eigenvalue weighted by atomic mass is 35.5. The minimum absolute atomic E-state index is 0.115. The molecule has 0 spiro atoms. The average Bonchev–Trinajstić information content (AvgIpc) is 2.33. The molecule has 2 atom stereocenters. The molecule has 0 radical (unpaired) electrons. The number of nitrogens with one attached hydrogen (secondary N) is 1. The molecule has 1 aromatic carbocycles. The minimum atomic E-state index is -1.52. The van der Waals surface area contributed by atoms with Crippen molar-refractivity contribution < 1.29 is 20.1 Å². The van der Waals surface area contributed by atoms with Crippen LogP contribution in [-0.4, -0.2) is 33.9 Å². The zero-order valence-corrected chi connectivity index (χ0v) is 11.0. The van der Waals surface area contributed by atoms with Crippen molar-refractivity contribution in [3.8, 4) is 5.75 Å². The van der Waals surface area contributed by atoms with Crippen LogP contribution in [0.4, 0.5) is 0 Å². The highest BCUT2D eigenvalue weighted by Gasteiger charge is 2.21. The quantitative estimate of drug-likeness (QED) is 0.672. The molecular formula is C11H13Cl2NO4. The maximum absolute atomic E-state index is 11.4. The second-order valence-corrected chi connectivity index (χ2v) is 4.51. The maximum atomic E-state index is 11.4. The monoisotopic (exact) mass is 293 g/mol. The SMILES string of the molecule is CC(NC(=O)C(O)CO)c1c(O)ccc(Cl)c1Cl. The minimum Gasteiger partial charge on any atom is -0.508 e. The van der Waals surface area contributed by atoms with Crippen LogP contribution in [-0.2, 0) is 4.79 Å². The van der Waals surface area contributed by atoms with Crippen LogP contribution in [0.2, 0.25) is 10.0 Å². The highest BCUT2D eigenvalue weighted by molar-refractivity contribution is 6.42. The van der Waals surface area contributed by atoms with Crippen LogP contribution in [0.1, 0.15) is 18.5 Å². The van der Waals surface area contributed by atoms with Gasteiger partial charge in [0, 0.05) is 5.56 Å². The number of amides is 1. The van der Waals surface area contributed by atoms with Crippen molar-refractivity contribution in [1.29, 1.82) is 0 Å². The third-order valence-corrected chi connectivity index (χ3v) is 3.20. The lowest BCUT2D eigenvalue weighted by Crippen LogP contribution is -2.38. The summed E-state index contributed by atoms with van der Waals surface area (Å²) in [6.45, 7) is 0.882. The molecule has 0 aliphatic heterocycles. The summed E-state index contributed by atoms with van der Waals surface area (Å²) < 4.78 is 0. The summed E-state index contributed by atoms with van der Waals surface area (Å²) in [7, 11) is 0. The summed E-state index contributed by atoms with van der Waals surface area (Å²) in [6, 6.07) is 2.12. The van der Waals surface area contributed by atoms with Gasteiger partial charge < -0.3 is 20.6 Å². The van der Waals surface area contributed by atoms with Gasteiger partial charge in [0.05, 0.1) is 22.7 Å². The van der Waals surface area contributed by atoms with Crippen molar-refractivity contribution in [2.45, 2.75) is 19.1 Å². The zero-order chi connectivity index (χ0) is 13.9. The summed E-state index contributed by atoms with van der Waals surface area (Å²) in [5.74, 6) is -0.879. The Morgan fingerprint density at radius 3 is 2.61 bits per heavy atom. The van der Waals surface area contributed by atoms with E-state index in [1.807, 2.05) is 0 Å². The van der Waals surface area contributed by atoms with E-state index in [-0.39, 0.29) is 21.4 Å². The Bertz CT molecular complexity index is 453. The number of benzene rings is 1. The second kappa shape index (κ2) is 6.24.